The predicted molar refractivity (Wildman–Crippen MR) is 62.6 cm³/mol. The molecule has 2 rings (SSSR count). The van der Waals surface area contributed by atoms with E-state index in [1.54, 1.807) is 18.3 Å². The van der Waals surface area contributed by atoms with Gasteiger partial charge in [-0.15, -0.1) is 0 Å². The van der Waals surface area contributed by atoms with Crippen LogP contribution in [0.5, 0.6) is 0 Å². The molecule has 82 valence electrons. The summed E-state index contributed by atoms with van der Waals surface area (Å²) in [6, 6.07) is 3.35. The number of nitrogens with two attached hydrogens (primary N) is 1. The third-order valence-electron chi connectivity index (χ3n) is 1.90. The Kier molecular flexibility index (Phi) is 2.93. The van der Waals surface area contributed by atoms with Gasteiger partial charge < -0.3 is 5.73 Å². The van der Waals surface area contributed by atoms with E-state index in [4.69, 9.17) is 17.3 Å². The first-order chi connectivity index (χ1) is 7.61. The molecule has 2 heterocycles. The van der Waals surface area contributed by atoms with Crippen molar-refractivity contribution in [2.45, 2.75) is 0 Å². The van der Waals surface area contributed by atoms with Crippen molar-refractivity contribution in [3.8, 4) is 5.82 Å². The lowest BCUT2D eigenvalue weighted by Gasteiger charge is -2.05. The van der Waals surface area contributed by atoms with E-state index >= 15 is 0 Å². The molecule has 0 saturated carbocycles. The van der Waals surface area contributed by atoms with Crippen molar-refractivity contribution < 1.29 is 4.79 Å². The van der Waals surface area contributed by atoms with Gasteiger partial charge in [0.25, 0.3) is 5.91 Å². The van der Waals surface area contributed by atoms with Crippen LogP contribution in [0.15, 0.2) is 29.0 Å². The standard InChI is InChI=1S/C9H6BrClN4O/c10-5-4-14-15(7(5)8(12)16)9-6(11)2-1-3-13-9/h1-4H,(H2,12,16). The minimum atomic E-state index is -0.605. The molecular formula is C9H6BrClN4O. The van der Waals surface area contributed by atoms with Gasteiger partial charge in [0.15, 0.2) is 5.82 Å². The number of pyridine rings is 1. The largest absolute Gasteiger partial charge is 0.364 e. The molecule has 0 radical (unpaired) electrons. The van der Waals surface area contributed by atoms with E-state index in [0.717, 1.165) is 0 Å². The molecule has 0 aliphatic carbocycles. The molecule has 0 saturated heterocycles. The number of halogens is 2. The number of aromatic nitrogens is 3. The van der Waals surface area contributed by atoms with Gasteiger partial charge in [-0.05, 0) is 28.1 Å². The highest BCUT2D eigenvalue weighted by Crippen LogP contribution is 2.22. The van der Waals surface area contributed by atoms with Crippen molar-refractivity contribution in [3.05, 3.63) is 39.7 Å². The highest BCUT2D eigenvalue weighted by molar-refractivity contribution is 9.10. The Balaban J connectivity index is 2.66. The Hall–Kier alpha value is -1.40. The average Bonchev–Trinajstić information content (AvgIpc) is 2.61. The van der Waals surface area contributed by atoms with Gasteiger partial charge >= 0.3 is 0 Å². The SMILES string of the molecule is NC(=O)c1c(Br)cnn1-c1ncccc1Cl. The number of hydrogen-bond donors (Lipinski definition) is 1. The van der Waals surface area contributed by atoms with Gasteiger partial charge in [0.05, 0.1) is 15.7 Å². The smallest absolute Gasteiger partial charge is 0.268 e. The first-order valence-corrected chi connectivity index (χ1v) is 5.42. The second-order valence-corrected chi connectivity index (χ2v) is 4.19. The van der Waals surface area contributed by atoms with E-state index < -0.39 is 5.91 Å². The Morgan fingerprint density at radius 3 is 2.94 bits per heavy atom. The summed E-state index contributed by atoms with van der Waals surface area (Å²) < 4.78 is 1.80. The Labute approximate surface area is 104 Å². The number of amides is 1. The van der Waals surface area contributed by atoms with Crippen molar-refractivity contribution in [2.24, 2.45) is 5.73 Å². The van der Waals surface area contributed by atoms with Crippen molar-refractivity contribution in [1.29, 1.82) is 0 Å². The first kappa shape index (κ1) is 11.1. The summed E-state index contributed by atoms with van der Waals surface area (Å²) in [5, 5.41) is 4.38. The van der Waals surface area contributed by atoms with Crippen LogP contribution in [0.4, 0.5) is 0 Å². The maximum atomic E-state index is 11.2. The van der Waals surface area contributed by atoms with E-state index in [1.807, 2.05) is 0 Å². The third-order valence-corrected chi connectivity index (χ3v) is 2.77. The van der Waals surface area contributed by atoms with Crippen LogP contribution in [0.3, 0.4) is 0 Å². The number of hydrogen-bond acceptors (Lipinski definition) is 3. The zero-order valence-electron chi connectivity index (χ0n) is 7.89. The summed E-state index contributed by atoms with van der Waals surface area (Å²) in [7, 11) is 0. The monoisotopic (exact) mass is 300 g/mol. The average molecular weight is 302 g/mol. The van der Waals surface area contributed by atoms with Crippen LogP contribution < -0.4 is 5.73 Å². The molecule has 2 aromatic rings. The normalized spacial score (nSPS) is 10.4. The Bertz CT molecular complexity index is 554. The fourth-order valence-electron chi connectivity index (χ4n) is 1.24. The molecule has 5 nitrogen and oxygen atoms in total. The van der Waals surface area contributed by atoms with Crippen LogP contribution in [-0.2, 0) is 0 Å². The summed E-state index contributed by atoms with van der Waals surface area (Å²) in [6.07, 6.45) is 3.02. The summed E-state index contributed by atoms with van der Waals surface area (Å²) in [5.41, 5.74) is 5.46. The maximum Gasteiger partial charge on any atom is 0.268 e. The van der Waals surface area contributed by atoms with Gasteiger partial charge in [-0.3, -0.25) is 4.79 Å². The summed E-state index contributed by atoms with van der Waals surface area (Å²) >= 11 is 9.14. The van der Waals surface area contributed by atoms with E-state index in [0.29, 0.717) is 15.3 Å². The molecule has 0 bridgehead atoms. The van der Waals surface area contributed by atoms with Gasteiger partial charge in [0, 0.05) is 6.20 Å². The molecule has 1 amide bonds. The molecule has 0 aliphatic rings. The quantitative estimate of drug-likeness (QED) is 0.919. The van der Waals surface area contributed by atoms with Gasteiger partial charge in [-0.2, -0.15) is 5.10 Å². The van der Waals surface area contributed by atoms with Crippen LogP contribution >= 0.6 is 27.5 Å². The lowest BCUT2D eigenvalue weighted by molar-refractivity contribution is 0.0992. The van der Waals surface area contributed by atoms with Crippen LogP contribution in [0, 0.1) is 0 Å². The van der Waals surface area contributed by atoms with E-state index in [1.165, 1.54) is 10.9 Å². The summed E-state index contributed by atoms with van der Waals surface area (Å²) in [6.45, 7) is 0. The summed E-state index contributed by atoms with van der Waals surface area (Å²) in [4.78, 5) is 15.3. The maximum absolute atomic E-state index is 11.2. The Morgan fingerprint density at radius 2 is 2.31 bits per heavy atom. The molecule has 2 aromatic heterocycles. The van der Waals surface area contributed by atoms with Crippen molar-refractivity contribution in [2.75, 3.05) is 0 Å². The Morgan fingerprint density at radius 1 is 1.56 bits per heavy atom. The molecule has 16 heavy (non-hydrogen) atoms. The van der Waals surface area contributed by atoms with Crippen LogP contribution in [-0.4, -0.2) is 20.7 Å². The zero-order valence-corrected chi connectivity index (χ0v) is 10.2. The number of nitrogens with zero attached hydrogens (tertiary/aromatic N) is 3. The second-order valence-electron chi connectivity index (χ2n) is 2.93. The van der Waals surface area contributed by atoms with Crippen LogP contribution in [0.1, 0.15) is 10.5 Å². The van der Waals surface area contributed by atoms with Crippen molar-refractivity contribution >= 4 is 33.4 Å². The molecule has 0 aliphatic heterocycles. The van der Waals surface area contributed by atoms with Gasteiger partial charge in [0.2, 0.25) is 0 Å². The van der Waals surface area contributed by atoms with Crippen LogP contribution in [0.2, 0.25) is 5.02 Å². The lowest BCUT2D eigenvalue weighted by Crippen LogP contribution is -2.18. The van der Waals surface area contributed by atoms with E-state index in [2.05, 4.69) is 26.0 Å². The van der Waals surface area contributed by atoms with Gasteiger partial charge in [-0.25, -0.2) is 9.67 Å². The number of primary amides is 1. The number of carbonyl (C=O) groups excluding carboxylic acids is 1. The van der Waals surface area contributed by atoms with Gasteiger partial charge in [0.1, 0.15) is 5.69 Å². The van der Waals surface area contributed by atoms with E-state index in [-0.39, 0.29) is 5.69 Å². The third kappa shape index (κ3) is 1.81. The topological polar surface area (TPSA) is 73.8 Å². The minimum Gasteiger partial charge on any atom is -0.364 e. The summed E-state index contributed by atoms with van der Waals surface area (Å²) in [5.74, 6) is -0.241. The highest BCUT2D eigenvalue weighted by Gasteiger charge is 2.17. The molecular weight excluding hydrogens is 295 g/mol. The second kappa shape index (κ2) is 4.23. The molecule has 0 atom stereocenters. The van der Waals surface area contributed by atoms with Crippen molar-refractivity contribution in [1.82, 2.24) is 14.8 Å². The van der Waals surface area contributed by atoms with Crippen molar-refractivity contribution in [3.63, 3.8) is 0 Å². The fourth-order valence-corrected chi connectivity index (χ4v) is 1.90. The molecule has 2 N–H and O–H groups in total. The first-order valence-electron chi connectivity index (χ1n) is 4.25. The van der Waals surface area contributed by atoms with Crippen LogP contribution in [0.25, 0.3) is 5.82 Å². The zero-order chi connectivity index (χ0) is 11.7. The number of rotatable bonds is 2. The molecule has 0 fully saturated rings. The molecule has 0 unspecified atom stereocenters. The lowest BCUT2D eigenvalue weighted by atomic mass is 10.4. The van der Waals surface area contributed by atoms with E-state index in [9.17, 15) is 4.79 Å². The van der Waals surface area contributed by atoms with Gasteiger partial charge in [-0.1, -0.05) is 11.6 Å². The predicted octanol–water partition coefficient (Wildman–Crippen LogP) is 1.78. The fraction of sp³-hybridized carbons (Fsp3) is 0. The highest BCUT2D eigenvalue weighted by atomic mass is 79.9. The molecule has 0 spiro atoms. The minimum absolute atomic E-state index is 0.209. The molecule has 7 heteroatoms. The number of carbonyl (C=O) groups is 1. The molecule has 0 aromatic carbocycles.